The van der Waals surface area contributed by atoms with Crippen LogP contribution in [0.1, 0.15) is 5.56 Å². The van der Waals surface area contributed by atoms with Crippen LogP contribution in [-0.2, 0) is 0 Å². The smallest absolute Gasteiger partial charge is 0.333 e. The predicted molar refractivity (Wildman–Crippen MR) is 172 cm³/mol. The van der Waals surface area contributed by atoms with Crippen molar-refractivity contribution in [2.75, 3.05) is 4.81 Å². The van der Waals surface area contributed by atoms with Crippen molar-refractivity contribution >= 4 is 72.9 Å². The fraction of sp³-hybridized carbons (Fsp3) is 0.0270. The zero-order valence-electron chi connectivity index (χ0n) is 22.4. The molecule has 4 heteroatoms. The summed E-state index contributed by atoms with van der Waals surface area (Å²) in [6, 6.07) is 44.0. The van der Waals surface area contributed by atoms with Gasteiger partial charge in [0.15, 0.2) is 5.58 Å². The van der Waals surface area contributed by atoms with E-state index in [1.165, 1.54) is 55.1 Å². The quantitative estimate of drug-likeness (QED) is 0.203. The normalized spacial score (nSPS) is 13.4. The monoisotopic (exact) mass is 522 g/mol. The maximum atomic E-state index is 6.73. The van der Waals surface area contributed by atoms with E-state index in [2.05, 4.69) is 138 Å². The first-order chi connectivity index (χ1) is 20.3. The van der Waals surface area contributed by atoms with E-state index < -0.39 is 0 Å². The molecule has 0 aliphatic carbocycles. The Kier molecular flexibility index (Phi) is 3.95. The van der Waals surface area contributed by atoms with Gasteiger partial charge in [-0.2, -0.15) is 0 Å². The van der Waals surface area contributed by atoms with Gasteiger partial charge in [-0.15, -0.1) is 0 Å². The van der Waals surface area contributed by atoms with Gasteiger partial charge in [-0.1, -0.05) is 84.9 Å². The summed E-state index contributed by atoms with van der Waals surface area (Å²) < 4.78 is 9.24. The number of fused-ring (bicyclic) bond motifs is 12. The molecule has 8 aromatic rings. The van der Waals surface area contributed by atoms with E-state index in [0.717, 1.165) is 33.3 Å². The van der Waals surface area contributed by atoms with Crippen molar-refractivity contribution in [2.24, 2.45) is 0 Å². The molecule has 0 spiro atoms. The molecular weight excluding hydrogens is 499 g/mol. The topological polar surface area (TPSA) is 21.3 Å². The molecule has 3 nitrogen and oxygen atoms in total. The van der Waals surface area contributed by atoms with E-state index in [4.69, 9.17) is 4.42 Å². The summed E-state index contributed by atoms with van der Waals surface area (Å²) >= 11 is 0. The Morgan fingerprint density at radius 1 is 0.659 bits per heavy atom. The van der Waals surface area contributed by atoms with Gasteiger partial charge in [-0.05, 0) is 65.4 Å². The highest BCUT2D eigenvalue weighted by Gasteiger charge is 2.45. The summed E-state index contributed by atoms with van der Waals surface area (Å²) in [6.45, 7) is 2.26. The first-order valence-corrected chi connectivity index (χ1v) is 14.2. The van der Waals surface area contributed by atoms with E-state index in [1.54, 1.807) is 0 Å². The van der Waals surface area contributed by atoms with Crippen molar-refractivity contribution in [3.05, 3.63) is 127 Å². The molecule has 6 aromatic carbocycles. The van der Waals surface area contributed by atoms with Crippen LogP contribution >= 0.6 is 0 Å². The van der Waals surface area contributed by atoms with E-state index in [0.29, 0.717) is 0 Å². The number of hydrogen-bond donors (Lipinski definition) is 0. The molecule has 2 aliphatic rings. The Hall–Kier alpha value is -5.22. The predicted octanol–water partition coefficient (Wildman–Crippen LogP) is 8.23. The molecule has 0 N–H and O–H groups in total. The van der Waals surface area contributed by atoms with E-state index in [1.807, 2.05) is 0 Å². The van der Waals surface area contributed by atoms with Gasteiger partial charge in [0, 0.05) is 38.5 Å². The summed E-state index contributed by atoms with van der Waals surface area (Å²) in [5, 5.41) is 4.96. The minimum atomic E-state index is -0.00479. The fourth-order valence-electron chi connectivity index (χ4n) is 7.71. The SMILES string of the molecule is Cc1cc2c3c4c1c1ccccc1n4-c1ccccc1B3N(c1ccccc1)c1c-2ccc2c1oc1ccccc12. The number of nitrogens with zero attached hydrogens (tertiary/aromatic N) is 2. The Morgan fingerprint density at radius 3 is 2.32 bits per heavy atom. The molecule has 0 amide bonds. The van der Waals surface area contributed by atoms with E-state index in [-0.39, 0.29) is 6.85 Å². The molecule has 2 aromatic heterocycles. The summed E-state index contributed by atoms with van der Waals surface area (Å²) in [5.41, 5.74) is 14.5. The van der Waals surface area contributed by atoms with Crippen molar-refractivity contribution in [1.29, 1.82) is 0 Å². The number of rotatable bonds is 1. The van der Waals surface area contributed by atoms with Gasteiger partial charge in [0.05, 0.1) is 16.7 Å². The maximum absolute atomic E-state index is 6.73. The maximum Gasteiger partial charge on any atom is 0.333 e. The highest BCUT2D eigenvalue weighted by atomic mass is 16.3. The third-order valence-corrected chi connectivity index (χ3v) is 9.27. The molecule has 0 saturated carbocycles. The molecular formula is C37H23BN2O. The minimum absolute atomic E-state index is 0.00479. The summed E-state index contributed by atoms with van der Waals surface area (Å²) in [7, 11) is 0. The van der Waals surface area contributed by atoms with Gasteiger partial charge in [0.1, 0.15) is 5.58 Å². The summed E-state index contributed by atoms with van der Waals surface area (Å²) in [4.78, 5) is 2.54. The zero-order chi connectivity index (χ0) is 26.8. The second kappa shape index (κ2) is 7.49. The molecule has 4 heterocycles. The number of anilines is 2. The van der Waals surface area contributed by atoms with Crippen LogP contribution in [0, 0.1) is 6.92 Å². The Labute approximate surface area is 237 Å². The lowest BCUT2D eigenvalue weighted by molar-refractivity contribution is 0.669. The standard InChI is InChI=1S/C37H23BN2O/c1-22-21-28-25-19-20-26-24-13-6-10-18-32(24)41-37(26)35(25)40(23-11-3-2-4-12-23)38-29-15-7-9-17-31(29)39-30-16-8-5-14-27(30)33(22)36(39)34(28)38/h2-21H,1H3. The Morgan fingerprint density at radius 2 is 1.41 bits per heavy atom. The molecule has 10 rings (SSSR count). The number of aromatic nitrogens is 1. The summed E-state index contributed by atoms with van der Waals surface area (Å²) in [5.74, 6) is 0. The third-order valence-electron chi connectivity index (χ3n) is 9.27. The number of benzene rings is 6. The van der Waals surface area contributed by atoms with Crippen molar-refractivity contribution < 1.29 is 4.42 Å². The van der Waals surface area contributed by atoms with Crippen LogP contribution in [0.15, 0.2) is 126 Å². The highest BCUT2D eigenvalue weighted by molar-refractivity contribution is 6.94. The zero-order valence-corrected chi connectivity index (χ0v) is 22.4. The molecule has 41 heavy (non-hydrogen) atoms. The van der Waals surface area contributed by atoms with Crippen molar-refractivity contribution in [1.82, 2.24) is 4.57 Å². The van der Waals surface area contributed by atoms with Gasteiger partial charge in [-0.3, -0.25) is 0 Å². The van der Waals surface area contributed by atoms with Gasteiger partial charge in [-0.25, -0.2) is 0 Å². The van der Waals surface area contributed by atoms with Crippen molar-refractivity contribution in [3.63, 3.8) is 0 Å². The Bertz CT molecular complexity index is 2400. The second-order valence-corrected chi connectivity index (χ2v) is 11.3. The first-order valence-electron chi connectivity index (χ1n) is 14.2. The van der Waals surface area contributed by atoms with Gasteiger partial charge in [0.2, 0.25) is 0 Å². The minimum Gasteiger partial charge on any atom is -0.454 e. The lowest BCUT2D eigenvalue weighted by Gasteiger charge is -2.42. The van der Waals surface area contributed by atoms with Crippen LogP contribution in [0.3, 0.4) is 0 Å². The molecule has 0 saturated heterocycles. The molecule has 0 radical (unpaired) electrons. The van der Waals surface area contributed by atoms with Gasteiger partial charge in [0.25, 0.3) is 0 Å². The van der Waals surface area contributed by atoms with E-state index in [9.17, 15) is 0 Å². The highest BCUT2D eigenvalue weighted by Crippen LogP contribution is 2.49. The molecule has 0 bridgehead atoms. The van der Waals surface area contributed by atoms with Crippen LogP contribution in [0.4, 0.5) is 11.4 Å². The third kappa shape index (κ3) is 2.56. The van der Waals surface area contributed by atoms with Crippen LogP contribution < -0.4 is 15.7 Å². The molecule has 0 atom stereocenters. The number of para-hydroxylation sites is 4. The summed E-state index contributed by atoms with van der Waals surface area (Å²) in [6.07, 6.45) is 0. The van der Waals surface area contributed by atoms with Crippen LogP contribution in [0.2, 0.25) is 0 Å². The molecule has 0 unspecified atom stereocenters. The largest absolute Gasteiger partial charge is 0.454 e. The lowest BCUT2D eigenvalue weighted by Crippen LogP contribution is -2.60. The Balaban J connectivity index is 1.47. The molecule has 190 valence electrons. The van der Waals surface area contributed by atoms with Crippen LogP contribution in [-0.4, -0.2) is 11.4 Å². The number of furan rings is 1. The molecule has 2 aliphatic heterocycles. The van der Waals surface area contributed by atoms with E-state index >= 15 is 0 Å². The fourth-order valence-corrected chi connectivity index (χ4v) is 7.71. The second-order valence-electron chi connectivity index (χ2n) is 11.3. The van der Waals surface area contributed by atoms with Crippen molar-refractivity contribution in [2.45, 2.75) is 6.92 Å². The van der Waals surface area contributed by atoms with Crippen molar-refractivity contribution in [3.8, 4) is 16.8 Å². The van der Waals surface area contributed by atoms with Crippen LogP contribution in [0.25, 0.3) is 60.6 Å². The number of aryl methyl sites for hydroxylation is 1. The number of hydrogen-bond acceptors (Lipinski definition) is 2. The molecule has 0 fully saturated rings. The first kappa shape index (κ1) is 21.6. The average Bonchev–Trinajstić information content (AvgIpc) is 3.58. The van der Waals surface area contributed by atoms with Gasteiger partial charge < -0.3 is 13.8 Å². The lowest BCUT2D eigenvalue weighted by atomic mass is 9.44. The van der Waals surface area contributed by atoms with Gasteiger partial charge >= 0.3 is 6.85 Å². The average molecular weight is 522 g/mol. The van der Waals surface area contributed by atoms with Crippen LogP contribution in [0.5, 0.6) is 0 Å².